The van der Waals surface area contributed by atoms with E-state index in [9.17, 15) is 0 Å². The van der Waals surface area contributed by atoms with E-state index in [0.717, 1.165) is 28.9 Å². The van der Waals surface area contributed by atoms with Crippen LogP contribution in [0, 0.1) is 6.92 Å². The third kappa shape index (κ3) is 3.85. The van der Waals surface area contributed by atoms with Crippen molar-refractivity contribution in [1.82, 2.24) is 10.2 Å². The second-order valence-corrected chi connectivity index (χ2v) is 8.61. The van der Waals surface area contributed by atoms with Gasteiger partial charge in [-0.1, -0.05) is 37.5 Å². The van der Waals surface area contributed by atoms with Crippen LogP contribution in [0.1, 0.15) is 63.4 Å². The van der Waals surface area contributed by atoms with Crippen LogP contribution in [0.2, 0.25) is 0 Å². The Balaban J connectivity index is 1.36. The minimum Gasteiger partial charge on any atom is -0.360 e. The third-order valence-corrected chi connectivity index (χ3v) is 6.73. The molecule has 1 aliphatic carbocycles. The molecule has 0 amide bonds. The molecule has 136 valence electrons. The molecule has 2 heterocycles. The number of hydrogen-bond acceptors (Lipinski definition) is 2. The van der Waals surface area contributed by atoms with Gasteiger partial charge in [-0.25, -0.2) is 0 Å². The van der Waals surface area contributed by atoms with Crippen molar-refractivity contribution in [2.75, 3.05) is 5.32 Å². The monoisotopic (exact) mass is 357 g/mol. The Kier molecular flexibility index (Phi) is 5.28. The maximum absolute atomic E-state index is 5.61. The van der Waals surface area contributed by atoms with E-state index in [4.69, 9.17) is 12.2 Å². The fraction of sp³-hybridized carbons (Fsp3) is 0.667. The number of para-hydroxylation sites is 1. The summed E-state index contributed by atoms with van der Waals surface area (Å²) in [6, 6.07) is 11.3. The van der Waals surface area contributed by atoms with E-state index >= 15 is 0 Å². The highest BCUT2D eigenvalue weighted by Gasteiger charge is 2.42. The lowest BCUT2D eigenvalue weighted by molar-refractivity contribution is -0.00596. The van der Waals surface area contributed by atoms with E-state index in [2.05, 4.69) is 46.7 Å². The fourth-order valence-corrected chi connectivity index (χ4v) is 5.67. The number of anilines is 1. The Morgan fingerprint density at radius 3 is 2.28 bits per heavy atom. The van der Waals surface area contributed by atoms with Gasteiger partial charge in [-0.2, -0.15) is 0 Å². The van der Waals surface area contributed by atoms with Crippen LogP contribution in [0.4, 0.5) is 5.69 Å². The number of nitrogens with one attached hydrogen (secondary N) is 2. The molecule has 0 unspecified atom stereocenters. The molecule has 0 aromatic heterocycles. The van der Waals surface area contributed by atoms with Crippen LogP contribution in [0.25, 0.3) is 0 Å². The first kappa shape index (κ1) is 17.3. The molecule has 3 aliphatic rings. The number of nitrogens with zero attached hydrogens (tertiary/aromatic N) is 1. The zero-order valence-corrected chi connectivity index (χ0v) is 16.2. The van der Waals surface area contributed by atoms with Crippen molar-refractivity contribution in [1.29, 1.82) is 0 Å². The van der Waals surface area contributed by atoms with Gasteiger partial charge in [-0.05, 0) is 69.3 Å². The SMILES string of the molecule is Cc1ccccc1NC(=S)NC1C[C@@H]2CCC[C@@H](C1)N2C1CCCC1. The predicted octanol–water partition coefficient (Wildman–Crippen LogP) is 4.61. The third-order valence-electron chi connectivity index (χ3n) is 6.51. The molecular formula is C21H31N3S. The molecule has 3 nitrogen and oxygen atoms in total. The molecular weight excluding hydrogens is 326 g/mol. The quantitative estimate of drug-likeness (QED) is 0.773. The van der Waals surface area contributed by atoms with Gasteiger partial charge < -0.3 is 10.6 Å². The Labute approximate surface area is 157 Å². The summed E-state index contributed by atoms with van der Waals surface area (Å²) in [5, 5.41) is 7.81. The number of aryl methyl sites for hydroxylation is 1. The van der Waals surface area contributed by atoms with Gasteiger partial charge in [0.1, 0.15) is 0 Å². The second-order valence-electron chi connectivity index (χ2n) is 8.21. The molecule has 0 radical (unpaired) electrons. The summed E-state index contributed by atoms with van der Waals surface area (Å²) in [6.07, 6.45) is 12.4. The number of rotatable bonds is 3. The standard InChI is InChI=1S/C21H31N3S/c1-15-7-2-5-12-20(15)23-21(25)22-16-13-18-10-6-11-19(14-16)24(18)17-8-3-4-9-17/h2,5,7,12,16-19H,3-4,6,8-11,13-14H2,1H3,(H2,22,23,25)/t18-,19-/m0/s1. The largest absolute Gasteiger partial charge is 0.360 e. The molecule has 4 rings (SSSR count). The zero-order chi connectivity index (χ0) is 17.2. The predicted molar refractivity (Wildman–Crippen MR) is 109 cm³/mol. The van der Waals surface area contributed by atoms with Gasteiger partial charge in [0.15, 0.2) is 5.11 Å². The van der Waals surface area contributed by atoms with Crippen molar-refractivity contribution in [3.05, 3.63) is 29.8 Å². The van der Waals surface area contributed by atoms with E-state index in [1.165, 1.54) is 63.4 Å². The van der Waals surface area contributed by atoms with Crippen LogP contribution in [-0.2, 0) is 0 Å². The zero-order valence-electron chi connectivity index (χ0n) is 15.3. The maximum atomic E-state index is 5.61. The van der Waals surface area contributed by atoms with Crippen molar-refractivity contribution in [2.45, 2.75) is 88.9 Å². The van der Waals surface area contributed by atoms with Gasteiger partial charge in [-0.15, -0.1) is 0 Å². The molecule has 1 aromatic carbocycles. The van der Waals surface area contributed by atoms with E-state index < -0.39 is 0 Å². The summed E-state index contributed by atoms with van der Waals surface area (Å²) in [6.45, 7) is 2.12. The van der Waals surface area contributed by atoms with Gasteiger partial charge in [0.2, 0.25) is 0 Å². The molecule has 2 aliphatic heterocycles. The number of hydrogen-bond donors (Lipinski definition) is 2. The maximum Gasteiger partial charge on any atom is 0.171 e. The second kappa shape index (κ2) is 7.63. The lowest BCUT2D eigenvalue weighted by Gasteiger charge is -2.52. The average molecular weight is 358 g/mol. The van der Waals surface area contributed by atoms with E-state index in [1.807, 2.05) is 0 Å². The Bertz CT molecular complexity index is 597. The van der Waals surface area contributed by atoms with Crippen LogP contribution in [0.5, 0.6) is 0 Å². The fourth-order valence-electron chi connectivity index (χ4n) is 5.39. The molecule has 2 N–H and O–H groups in total. The highest BCUT2D eigenvalue weighted by molar-refractivity contribution is 7.80. The average Bonchev–Trinajstić information content (AvgIpc) is 3.10. The lowest BCUT2D eigenvalue weighted by atomic mass is 9.80. The van der Waals surface area contributed by atoms with Gasteiger partial charge >= 0.3 is 0 Å². The molecule has 0 spiro atoms. The van der Waals surface area contributed by atoms with Crippen LogP contribution in [-0.4, -0.2) is 34.2 Å². The first-order valence-electron chi connectivity index (χ1n) is 10.1. The molecule has 4 heteroatoms. The highest BCUT2D eigenvalue weighted by Crippen LogP contribution is 2.39. The minimum atomic E-state index is 0.525. The Hall–Kier alpha value is -1.13. The molecule has 1 aromatic rings. The molecule has 1 saturated carbocycles. The molecule has 2 atom stereocenters. The highest BCUT2D eigenvalue weighted by atomic mass is 32.1. The lowest BCUT2D eigenvalue weighted by Crippen LogP contribution is -2.59. The first-order valence-corrected chi connectivity index (χ1v) is 10.5. The van der Waals surface area contributed by atoms with Crippen LogP contribution < -0.4 is 10.6 Å². The smallest absolute Gasteiger partial charge is 0.171 e. The number of piperidine rings is 2. The minimum absolute atomic E-state index is 0.525. The number of benzene rings is 1. The Morgan fingerprint density at radius 1 is 0.960 bits per heavy atom. The van der Waals surface area contributed by atoms with Crippen molar-refractivity contribution in [2.24, 2.45) is 0 Å². The van der Waals surface area contributed by atoms with Gasteiger partial charge in [0.25, 0.3) is 0 Å². The molecule has 2 saturated heterocycles. The number of thiocarbonyl (C=S) groups is 1. The van der Waals surface area contributed by atoms with Crippen molar-refractivity contribution < 1.29 is 0 Å². The molecule has 3 fully saturated rings. The van der Waals surface area contributed by atoms with E-state index in [1.54, 1.807) is 0 Å². The summed E-state index contributed by atoms with van der Waals surface area (Å²) in [5.41, 5.74) is 2.35. The van der Waals surface area contributed by atoms with Crippen LogP contribution in [0.3, 0.4) is 0 Å². The van der Waals surface area contributed by atoms with Crippen molar-refractivity contribution in [3.8, 4) is 0 Å². The molecule has 25 heavy (non-hydrogen) atoms. The van der Waals surface area contributed by atoms with Gasteiger partial charge in [-0.3, -0.25) is 4.90 Å². The van der Waals surface area contributed by atoms with Crippen molar-refractivity contribution in [3.63, 3.8) is 0 Å². The van der Waals surface area contributed by atoms with Crippen LogP contribution in [0.15, 0.2) is 24.3 Å². The number of fused-ring (bicyclic) bond motifs is 2. The van der Waals surface area contributed by atoms with Gasteiger partial charge in [0.05, 0.1) is 0 Å². The van der Waals surface area contributed by atoms with Crippen molar-refractivity contribution >= 4 is 23.0 Å². The summed E-state index contributed by atoms with van der Waals surface area (Å²) in [4.78, 5) is 2.92. The van der Waals surface area contributed by atoms with Crippen LogP contribution >= 0.6 is 12.2 Å². The summed E-state index contributed by atoms with van der Waals surface area (Å²) in [7, 11) is 0. The van der Waals surface area contributed by atoms with Gasteiger partial charge in [0, 0.05) is 29.9 Å². The normalized spacial score (nSPS) is 30.2. The Morgan fingerprint density at radius 2 is 1.60 bits per heavy atom. The summed E-state index contributed by atoms with van der Waals surface area (Å²) < 4.78 is 0. The molecule has 2 bridgehead atoms. The summed E-state index contributed by atoms with van der Waals surface area (Å²) >= 11 is 5.61. The van der Waals surface area contributed by atoms with E-state index in [0.29, 0.717) is 6.04 Å². The van der Waals surface area contributed by atoms with E-state index in [-0.39, 0.29) is 0 Å². The first-order chi connectivity index (χ1) is 12.2. The summed E-state index contributed by atoms with van der Waals surface area (Å²) in [5.74, 6) is 0. The topological polar surface area (TPSA) is 27.3 Å².